The summed E-state index contributed by atoms with van der Waals surface area (Å²) < 4.78 is 38.3. The van der Waals surface area contributed by atoms with E-state index in [-0.39, 0.29) is 11.7 Å². The molecule has 2 amide bonds. The average molecular weight is 438 g/mol. The van der Waals surface area contributed by atoms with E-state index in [2.05, 4.69) is 5.32 Å². The Morgan fingerprint density at radius 2 is 1.59 bits per heavy atom. The second kappa shape index (κ2) is 9.26. The van der Waals surface area contributed by atoms with Crippen LogP contribution in [0.25, 0.3) is 0 Å². The first kappa shape index (κ1) is 21.6. The highest BCUT2D eigenvalue weighted by atomic mass is 19.1. The highest BCUT2D eigenvalue weighted by Gasteiger charge is 2.32. The number of hydrogen-bond acceptors (Lipinski definition) is 3. The van der Waals surface area contributed by atoms with Crippen molar-refractivity contribution in [3.8, 4) is 11.5 Å². The summed E-state index contributed by atoms with van der Waals surface area (Å²) in [4.78, 5) is 14.9. The summed E-state index contributed by atoms with van der Waals surface area (Å²) in [6.45, 7) is 0.350. The maximum atomic E-state index is 14.2. The number of rotatable bonds is 6. The molecule has 0 aromatic heterocycles. The summed E-state index contributed by atoms with van der Waals surface area (Å²) in [7, 11) is 3.17. The zero-order valence-corrected chi connectivity index (χ0v) is 17.9. The first-order valence-corrected chi connectivity index (χ1v) is 10.3. The van der Waals surface area contributed by atoms with Crippen LogP contribution in [0.5, 0.6) is 11.5 Å². The number of carbonyl (C=O) groups is 1. The lowest BCUT2D eigenvalue weighted by atomic mass is 10.1. The van der Waals surface area contributed by atoms with Crippen molar-refractivity contribution >= 4 is 11.7 Å². The fourth-order valence-corrected chi connectivity index (χ4v) is 4.07. The quantitative estimate of drug-likeness (QED) is 0.577. The lowest BCUT2D eigenvalue weighted by Crippen LogP contribution is -2.43. The Morgan fingerprint density at radius 3 is 2.16 bits per heavy atom. The van der Waals surface area contributed by atoms with Crippen LogP contribution in [-0.2, 0) is 19.4 Å². The van der Waals surface area contributed by atoms with E-state index < -0.39 is 17.7 Å². The summed E-state index contributed by atoms with van der Waals surface area (Å²) in [6.07, 6.45) is 1.25. The van der Waals surface area contributed by atoms with Crippen molar-refractivity contribution < 1.29 is 23.0 Å². The van der Waals surface area contributed by atoms with Crippen LogP contribution in [0.1, 0.15) is 16.7 Å². The highest BCUT2D eigenvalue weighted by Crippen LogP contribution is 2.36. The summed E-state index contributed by atoms with van der Waals surface area (Å²) in [5, 5.41) is 2.60. The molecule has 0 fully saturated rings. The predicted octanol–water partition coefficient (Wildman–Crippen LogP) is 5.18. The van der Waals surface area contributed by atoms with Gasteiger partial charge in [0.15, 0.2) is 11.5 Å². The van der Waals surface area contributed by atoms with Gasteiger partial charge >= 0.3 is 6.03 Å². The molecule has 3 aromatic rings. The molecule has 3 aromatic carbocycles. The van der Waals surface area contributed by atoms with Gasteiger partial charge in [-0.25, -0.2) is 13.6 Å². The molecule has 4 rings (SSSR count). The third-order valence-corrected chi connectivity index (χ3v) is 5.69. The fraction of sp³-hybridized carbons (Fsp3) is 0.240. The maximum absolute atomic E-state index is 14.2. The normalized spacial score (nSPS) is 12.9. The lowest BCUT2D eigenvalue weighted by molar-refractivity contribution is 0.185. The second-order valence-electron chi connectivity index (χ2n) is 7.71. The smallest absolute Gasteiger partial charge is 0.322 e. The summed E-state index contributed by atoms with van der Waals surface area (Å²) in [6, 6.07) is 16.0. The number of halogens is 2. The van der Waals surface area contributed by atoms with Crippen molar-refractivity contribution in [2.45, 2.75) is 25.4 Å². The van der Waals surface area contributed by atoms with Crippen molar-refractivity contribution in [3.63, 3.8) is 0 Å². The predicted molar refractivity (Wildman–Crippen MR) is 118 cm³/mol. The van der Waals surface area contributed by atoms with Crippen LogP contribution in [0.4, 0.5) is 19.3 Å². The van der Waals surface area contributed by atoms with Crippen LogP contribution >= 0.6 is 0 Å². The van der Waals surface area contributed by atoms with Crippen LogP contribution in [0.3, 0.4) is 0 Å². The monoisotopic (exact) mass is 438 g/mol. The number of anilines is 1. The number of nitrogens with one attached hydrogen (secondary N) is 1. The number of carbonyl (C=O) groups excluding carboxylic acids is 1. The molecule has 0 spiro atoms. The van der Waals surface area contributed by atoms with Gasteiger partial charge < -0.3 is 19.7 Å². The number of nitrogens with zero attached hydrogens (tertiary/aromatic N) is 1. The Hall–Kier alpha value is -3.61. The summed E-state index contributed by atoms with van der Waals surface area (Å²) >= 11 is 0. The van der Waals surface area contributed by atoms with Gasteiger partial charge in [-0.1, -0.05) is 30.3 Å². The van der Waals surface area contributed by atoms with Crippen LogP contribution in [0.2, 0.25) is 0 Å². The van der Waals surface area contributed by atoms with Gasteiger partial charge in [0.2, 0.25) is 0 Å². The number of benzene rings is 3. The van der Waals surface area contributed by atoms with Gasteiger partial charge in [0.1, 0.15) is 11.6 Å². The molecule has 0 atom stereocenters. The van der Waals surface area contributed by atoms with E-state index >= 15 is 0 Å². The minimum Gasteiger partial charge on any atom is -0.493 e. The van der Waals surface area contributed by atoms with E-state index in [1.54, 1.807) is 19.1 Å². The Kier molecular flexibility index (Phi) is 6.25. The van der Waals surface area contributed by atoms with Crippen molar-refractivity contribution in [1.29, 1.82) is 0 Å². The number of methoxy groups -OCH3 is 2. The van der Waals surface area contributed by atoms with E-state index in [1.165, 1.54) is 6.07 Å². The third-order valence-electron chi connectivity index (χ3n) is 5.69. The molecule has 5 nitrogen and oxygen atoms in total. The minimum absolute atomic E-state index is 0.0617. The number of fused-ring (bicyclic) bond motifs is 1. The molecule has 0 unspecified atom stereocenters. The number of urea groups is 1. The Bertz CT molecular complexity index is 1090. The molecule has 0 saturated carbocycles. The Balaban J connectivity index is 1.61. The number of hydrogen-bond donors (Lipinski definition) is 1. The fourth-order valence-electron chi connectivity index (χ4n) is 4.07. The zero-order valence-electron chi connectivity index (χ0n) is 17.9. The lowest BCUT2D eigenvalue weighted by Gasteiger charge is -2.29. The molecule has 7 heteroatoms. The standard InChI is InChI=1S/C25H24F2N2O3/c1-31-23-12-17-10-20(11-18(17)13-24(23)32-2)29(15-16-6-4-3-5-7-16)25(30)28-22-9-8-19(26)14-21(22)27/h3-9,12-14,20H,10-11,15H2,1-2H3,(H,28,30). The maximum Gasteiger partial charge on any atom is 0.322 e. The Labute approximate surface area is 185 Å². The minimum atomic E-state index is -0.817. The zero-order chi connectivity index (χ0) is 22.7. The molecule has 0 heterocycles. The molecule has 166 valence electrons. The van der Waals surface area contributed by atoms with E-state index in [0.29, 0.717) is 30.9 Å². The first-order valence-electron chi connectivity index (χ1n) is 10.3. The first-order chi connectivity index (χ1) is 15.5. The van der Waals surface area contributed by atoms with Gasteiger partial charge in [-0.05, 0) is 53.8 Å². The van der Waals surface area contributed by atoms with Crippen LogP contribution in [0, 0.1) is 11.6 Å². The topological polar surface area (TPSA) is 50.8 Å². The second-order valence-corrected chi connectivity index (χ2v) is 7.71. The molecular formula is C25H24F2N2O3. The van der Waals surface area contributed by atoms with E-state index in [1.807, 2.05) is 42.5 Å². The van der Waals surface area contributed by atoms with Crippen molar-refractivity contribution in [3.05, 3.63) is 89.0 Å². The van der Waals surface area contributed by atoms with Crippen molar-refractivity contribution in [1.82, 2.24) is 4.90 Å². The molecular weight excluding hydrogens is 414 g/mol. The van der Waals surface area contributed by atoms with E-state index in [4.69, 9.17) is 9.47 Å². The number of amides is 2. The van der Waals surface area contributed by atoms with Gasteiger partial charge in [-0.3, -0.25) is 0 Å². The van der Waals surface area contributed by atoms with Crippen LogP contribution in [0.15, 0.2) is 60.7 Å². The molecule has 32 heavy (non-hydrogen) atoms. The SMILES string of the molecule is COc1cc2c(cc1OC)CC(N(Cc1ccccc1)C(=O)Nc1ccc(F)cc1F)C2. The van der Waals surface area contributed by atoms with Crippen molar-refractivity contribution in [2.24, 2.45) is 0 Å². The van der Waals surface area contributed by atoms with Gasteiger partial charge in [-0.2, -0.15) is 0 Å². The molecule has 0 radical (unpaired) electrons. The van der Waals surface area contributed by atoms with E-state index in [9.17, 15) is 13.6 Å². The number of ether oxygens (including phenoxy) is 2. The average Bonchev–Trinajstić information content (AvgIpc) is 3.21. The largest absolute Gasteiger partial charge is 0.493 e. The molecule has 0 saturated heterocycles. The molecule has 1 N–H and O–H groups in total. The van der Waals surface area contributed by atoms with Crippen LogP contribution in [-0.4, -0.2) is 31.2 Å². The highest BCUT2D eigenvalue weighted by molar-refractivity contribution is 5.89. The van der Waals surface area contributed by atoms with Crippen LogP contribution < -0.4 is 14.8 Å². The van der Waals surface area contributed by atoms with Crippen molar-refractivity contribution in [2.75, 3.05) is 19.5 Å². The molecule has 1 aliphatic rings. The third kappa shape index (κ3) is 4.51. The summed E-state index contributed by atoms with van der Waals surface area (Å²) in [5.74, 6) is -0.239. The van der Waals surface area contributed by atoms with Gasteiger partial charge in [0.05, 0.1) is 19.9 Å². The van der Waals surface area contributed by atoms with Gasteiger partial charge in [0, 0.05) is 18.7 Å². The Morgan fingerprint density at radius 1 is 0.969 bits per heavy atom. The van der Waals surface area contributed by atoms with E-state index in [0.717, 1.165) is 28.8 Å². The molecule has 1 aliphatic carbocycles. The molecule has 0 bridgehead atoms. The molecule has 0 aliphatic heterocycles. The summed E-state index contributed by atoms with van der Waals surface area (Å²) in [5.41, 5.74) is 3.04. The van der Waals surface area contributed by atoms with Gasteiger partial charge in [-0.15, -0.1) is 0 Å². The van der Waals surface area contributed by atoms with Gasteiger partial charge in [0.25, 0.3) is 0 Å².